The van der Waals surface area contributed by atoms with Crippen molar-refractivity contribution in [3.05, 3.63) is 16.4 Å². The summed E-state index contributed by atoms with van der Waals surface area (Å²) in [5.41, 5.74) is 1.95. The van der Waals surface area contributed by atoms with Crippen molar-refractivity contribution < 1.29 is 4.74 Å². The number of rotatable bonds is 5. The molecule has 0 radical (unpaired) electrons. The fraction of sp³-hybridized carbons (Fsp3) is 0.750. The van der Waals surface area contributed by atoms with Gasteiger partial charge in [-0.25, -0.2) is 0 Å². The molecule has 3 nitrogen and oxygen atoms in total. The van der Waals surface area contributed by atoms with Gasteiger partial charge in [0, 0.05) is 12.6 Å². The van der Waals surface area contributed by atoms with Crippen LogP contribution in [0.5, 0.6) is 0 Å². The first-order valence-corrected chi connectivity index (χ1v) is 6.09. The van der Waals surface area contributed by atoms with Crippen molar-refractivity contribution in [2.75, 3.05) is 0 Å². The van der Waals surface area contributed by atoms with Crippen LogP contribution in [0.15, 0.2) is 0 Å². The van der Waals surface area contributed by atoms with E-state index in [1.165, 1.54) is 0 Å². The Morgan fingerprint density at radius 2 is 2.00 bits per heavy atom. The smallest absolute Gasteiger partial charge is 0.132 e. The van der Waals surface area contributed by atoms with Crippen LogP contribution in [0.3, 0.4) is 0 Å². The predicted molar refractivity (Wildman–Crippen MR) is 66.7 cm³/mol. The summed E-state index contributed by atoms with van der Waals surface area (Å²) < 4.78 is 7.46. The minimum Gasteiger partial charge on any atom is -0.374 e. The number of aryl methyl sites for hydroxylation is 2. The Kier molecular flexibility index (Phi) is 4.81. The molecule has 0 N–H and O–H groups in total. The summed E-state index contributed by atoms with van der Waals surface area (Å²) in [5.74, 6) is 0.653. The fourth-order valence-electron chi connectivity index (χ4n) is 1.80. The molecule has 0 spiro atoms. The van der Waals surface area contributed by atoms with E-state index in [1.807, 2.05) is 14.0 Å². The zero-order chi connectivity index (χ0) is 12.3. The van der Waals surface area contributed by atoms with Crippen molar-refractivity contribution in [1.82, 2.24) is 9.78 Å². The third kappa shape index (κ3) is 3.49. The third-order valence-electron chi connectivity index (χ3n) is 2.59. The summed E-state index contributed by atoms with van der Waals surface area (Å²) in [7, 11) is 1.84. The standard InChI is InChI=1S/C12H21ClN2O/c1-8(2)6-9(3)16-7-11-10(4)14-15(5)12(11)13/h8-9H,6-7H2,1-5H3. The maximum Gasteiger partial charge on any atom is 0.132 e. The molecule has 0 fully saturated rings. The summed E-state index contributed by atoms with van der Waals surface area (Å²) in [5, 5.41) is 4.93. The number of halogens is 1. The van der Waals surface area contributed by atoms with Crippen LogP contribution in [0.25, 0.3) is 0 Å². The van der Waals surface area contributed by atoms with Crippen molar-refractivity contribution in [3.63, 3.8) is 0 Å². The minimum atomic E-state index is 0.260. The van der Waals surface area contributed by atoms with Crippen LogP contribution >= 0.6 is 11.6 Å². The maximum atomic E-state index is 6.12. The first-order valence-electron chi connectivity index (χ1n) is 5.71. The highest BCUT2D eigenvalue weighted by Gasteiger charge is 2.13. The largest absolute Gasteiger partial charge is 0.374 e. The van der Waals surface area contributed by atoms with E-state index in [0.29, 0.717) is 17.7 Å². The second kappa shape index (κ2) is 5.69. The Bertz CT molecular complexity index is 347. The van der Waals surface area contributed by atoms with Crippen molar-refractivity contribution in [2.45, 2.75) is 46.8 Å². The number of nitrogens with zero attached hydrogens (tertiary/aromatic N) is 2. The van der Waals surface area contributed by atoms with Gasteiger partial charge in [0.05, 0.1) is 18.4 Å². The summed E-state index contributed by atoms with van der Waals surface area (Å²) in [6.07, 6.45) is 1.33. The van der Waals surface area contributed by atoms with Crippen molar-refractivity contribution >= 4 is 11.6 Å². The van der Waals surface area contributed by atoms with E-state index in [1.54, 1.807) is 4.68 Å². The molecule has 0 aliphatic carbocycles. The number of ether oxygens (including phenoxy) is 1. The summed E-state index contributed by atoms with van der Waals surface area (Å²) in [6, 6.07) is 0. The molecule has 1 unspecified atom stereocenters. The Morgan fingerprint density at radius 1 is 1.38 bits per heavy atom. The zero-order valence-corrected chi connectivity index (χ0v) is 11.5. The Morgan fingerprint density at radius 3 is 2.44 bits per heavy atom. The van der Waals surface area contributed by atoms with Gasteiger partial charge in [-0.2, -0.15) is 5.10 Å². The van der Waals surface area contributed by atoms with Crippen LogP contribution in [0, 0.1) is 12.8 Å². The average Bonchev–Trinajstić information content (AvgIpc) is 2.38. The molecule has 0 amide bonds. The maximum absolute atomic E-state index is 6.12. The van der Waals surface area contributed by atoms with Gasteiger partial charge in [0.1, 0.15) is 5.15 Å². The normalized spacial score (nSPS) is 13.4. The van der Waals surface area contributed by atoms with Gasteiger partial charge in [-0.15, -0.1) is 0 Å². The van der Waals surface area contributed by atoms with Gasteiger partial charge in [-0.1, -0.05) is 25.4 Å². The van der Waals surface area contributed by atoms with Crippen molar-refractivity contribution in [1.29, 1.82) is 0 Å². The molecule has 1 atom stereocenters. The molecule has 4 heteroatoms. The third-order valence-corrected chi connectivity index (χ3v) is 3.06. The monoisotopic (exact) mass is 244 g/mol. The molecule has 1 aromatic rings. The van der Waals surface area contributed by atoms with Gasteiger partial charge in [-0.3, -0.25) is 4.68 Å². The van der Waals surface area contributed by atoms with Crippen LogP contribution in [0.2, 0.25) is 5.15 Å². The molecule has 1 heterocycles. The topological polar surface area (TPSA) is 27.1 Å². The molecule has 16 heavy (non-hydrogen) atoms. The highest BCUT2D eigenvalue weighted by atomic mass is 35.5. The second-order valence-electron chi connectivity index (χ2n) is 4.73. The van der Waals surface area contributed by atoms with E-state index in [-0.39, 0.29) is 6.10 Å². The van der Waals surface area contributed by atoms with Crippen molar-refractivity contribution in [2.24, 2.45) is 13.0 Å². The van der Waals surface area contributed by atoms with E-state index in [4.69, 9.17) is 16.3 Å². The fourth-order valence-corrected chi connectivity index (χ4v) is 2.02. The van der Waals surface area contributed by atoms with Crippen LogP contribution in [0.1, 0.15) is 38.4 Å². The second-order valence-corrected chi connectivity index (χ2v) is 5.09. The van der Waals surface area contributed by atoms with E-state index >= 15 is 0 Å². The Balaban J connectivity index is 2.54. The molecule has 0 aliphatic rings. The summed E-state index contributed by atoms with van der Waals surface area (Å²) in [6.45, 7) is 8.99. The molecule has 0 saturated heterocycles. The molecule has 92 valence electrons. The van der Waals surface area contributed by atoms with Crippen molar-refractivity contribution in [3.8, 4) is 0 Å². The van der Waals surface area contributed by atoms with E-state index in [9.17, 15) is 0 Å². The molecule has 1 rings (SSSR count). The lowest BCUT2D eigenvalue weighted by molar-refractivity contribution is 0.0395. The van der Waals surface area contributed by atoms with Gasteiger partial charge >= 0.3 is 0 Å². The quantitative estimate of drug-likeness (QED) is 0.795. The van der Waals surface area contributed by atoms with Gasteiger partial charge in [0.15, 0.2) is 0 Å². The summed E-state index contributed by atoms with van der Waals surface area (Å²) >= 11 is 6.12. The van der Waals surface area contributed by atoms with Gasteiger partial charge in [-0.05, 0) is 26.2 Å². The molecule has 0 bridgehead atoms. The first-order chi connectivity index (χ1) is 7.41. The number of hydrogen-bond acceptors (Lipinski definition) is 2. The zero-order valence-electron chi connectivity index (χ0n) is 10.7. The number of hydrogen-bond donors (Lipinski definition) is 0. The van der Waals surface area contributed by atoms with Crippen LogP contribution in [-0.4, -0.2) is 15.9 Å². The lowest BCUT2D eigenvalue weighted by atomic mass is 10.1. The lowest BCUT2D eigenvalue weighted by Crippen LogP contribution is -2.11. The molecular weight excluding hydrogens is 224 g/mol. The Hall–Kier alpha value is -0.540. The van der Waals surface area contributed by atoms with E-state index < -0.39 is 0 Å². The average molecular weight is 245 g/mol. The Labute approximate surface area is 103 Å². The van der Waals surface area contributed by atoms with Crippen LogP contribution in [-0.2, 0) is 18.4 Å². The molecule has 1 aromatic heterocycles. The highest BCUT2D eigenvalue weighted by molar-refractivity contribution is 6.30. The van der Waals surface area contributed by atoms with Gasteiger partial charge in [0.25, 0.3) is 0 Å². The van der Waals surface area contributed by atoms with Gasteiger partial charge < -0.3 is 4.74 Å². The molecule has 0 saturated carbocycles. The predicted octanol–water partition coefficient (Wildman–Crippen LogP) is 3.33. The summed E-state index contributed by atoms with van der Waals surface area (Å²) in [4.78, 5) is 0. The van der Waals surface area contributed by atoms with Crippen LogP contribution in [0.4, 0.5) is 0 Å². The van der Waals surface area contributed by atoms with Gasteiger partial charge in [0.2, 0.25) is 0 Å². The number of aromatic nitrogens is 2. The lowest BCUT2D eigenvalue weighted by Gasteiger charge is -2.14. The molecule has 0 aromatic carbocycles. The minimum absolute atomic E-state index is 0.260. The first kappa shape index (κ1) is 13.5. The van der Waals surface area contributed by atoms with Crippen LogP contribution < -0.4 is 0 Å². The highest BCUT2D eigenvalue weighted by Crippen LogP contribution is 2.20. The van der Waals surface area contributed by atoms with E-state index in [0.717, 1.165) is 17.7 Å². The SMILES string of the molecule is Cc1nn(C)c(Cl)c1COC(C)CC(C)C. The molecule has 0 aliphatic heterocycles. The molecular formula is C12H21ClN2O. The van der Waals surface area contributed by atoms with E-state index in [2.05, 4.69) is 25.9 Å².